The van der Waals surface area contributed by atoms with Gasteiger partial charge in [-0.3, -0.25) is 0 Å². The van der Waals surface area contributed by atoms with Gasteiger partial charge in [0.05, 0.1) is 13.2 Å². The zero-order valence-corrected chi connectivity index (χ0v) is 12.8. The summed E-state index contributed by atoms with van der Waals surface area (Å²) in [5, 5.41) is 3.37. The molecule has 0 fully saturated rings. The fourth-order valence-corrected chi connectivity index (χ4v) is 1.78. The summed E-state index contributed by atoms with van der Waals surface area (Å²) in [6, 6.07) is 5.76. The highest BCUT2D eigenvalue weighted by atomic mass is 16.5. The Hall–Kier alpha value is -1.46. The van der Waals surface area contributed by atoms with Crippen LogP contribution in [0.2, 0.25) is 0 Å². The Bertz CT molecular complexity index is 385. The van der Waals surface area contributed by atoms with Crippen LogP contribution >= 0.6 is 0 Å². The lowest BCUT2D eigenvalue weighted by Gasteiger charge is -2.17. The van der Waals surface area contributed by atoms with Crippen molar-refractivity contribution in [3.05, 3.63) is 18.2 Å². The van der Waals surface area contributed by atoms with Crippen molar-refractivity contribution in [2.75, 3.05) is 58.1 Å². The largest absolute Gasteiger partial charge is 0.493 e. The van der Waals surface area contributed by atoms with Crippen LogP contribution in [-0.4, -0.2) is 51.9 Å². The number of hydrogen-bond donors (Lipinski definition) is 2. The molecule has 5 heteroatoms. The van der Waals surface area contributed by atoms with Gasteiger partial charge in [-0.2, -0.15) is 0 Å². The molecule has 3 N–H and O–H groups in total. The summed E-state index contributed by atoms with van der Waals surface area (Å²) in [7, 11) is 3.80. The molecule has 1 rings (SSSR count). The van der Waals surface area contributed by atoms with Crippen molar-refractivity contribution < 1.29 is 9.47 Å². The lowest BCUT2D eigenvalue weighted by molar-refractivity contribution is 0.163. The van der Waals surface area contributed by atoms with E-state index in [0.29, 0.717) is 12.3 Å². The Morgan fingerprint density at radius 2 is 2.00 bits per heavy atom. The van der Waals surface area contributed by atoms with E-state index in [1.807, 2.05) is 18.2 Å². The molecule has 20 heavy (non-hydrogen) atoms. The van der Waals surface area contributed by atoms with Gasteiger partial charge in [0.25, 0.3) is 0 Å². The van der Waals surface area contributed by atoms with Gasteiger partial charge in [0.1, 0.15) is 5.75 Å². The smallest absolute Gasteiger partial charge is 0.123 e. The summed E-state index contributed by atoms with van der Waals surface area (Å²) in [6.07, 6.45) is 0.988. The molecule has 0 heterocycles. The van der Waals surface area contributed by atoms with E-state index in [9.17, 15) is 0 Å². The topological polar surface area (TPSA) is 59.8 Å². The van der Waals surface area contributed by atoms with E-state index in [2.05, 4.69) is 24.2 Å². The van der Waals surface area contributed by atoms with Crippen LogP contribution in [0.5, 0.6) is 5.75 Å². The molecule has 5 nitrogen and oxygen atoms in total. The maximum absolute atomic E-state index is 5.88. The van der Waals surface area contributed by atoms with Gasteiger partial charge >= 0.3 is 0 Å². The third-order valence-corrected chi connectivity index (χ3v) is 2.90. The minimum atomic E-state index is 0.711. The maximum atomic E-state index is 5.88. The van der Waals surface area contributed by atoms with E-state index in [0.717, 1.165) is 44.1 Å². The Kier molecular flexibility index (Phi) is 7.84. The number of nitrogen functional groups attached to an aromatic ring is 1. The number of benzene rings is 1. The van der Waals surface area contributed by atoms with Gasteiger partial charge in [0, 0.05) is 50.3 Å². The molecule has 0 saturated heterocycles. The fourth-order valence-electron chi connectivity index (χ4n) is 1.78. The number of hydrogen-bond acceptors (Lipinski definition) is 5. The molecule has 0 radical (unpaired) electrons. The number of methoxy groups -OCH3 is 1. The van der Waals surface area contributed by atoms with Gasteiger partial charge in [-0.05, 0) is 19.5 Å². The van der Waals surface area contributed by atoms with Crippen LogP contribution in [0, 0.1) is 0 Å². The summed E-state index contributed by atoms with van der Waals surface area (Å²) >= 11 is 0. The van der Waals surface area contributed by atoms with Crippen LogP contribution < -0.4 is 15.8 Å². The van der Waals surface area contributed by atoms with Gasteiger partial charge < -0.3 is 25.4 Å². The lowest BCUT2D eigenvalue weighted by Crippen LogP contribution is -2.28. The van der Waals surface area contributed by atoms with Gasteiger partial charge in [-0.1, -0.05) is 6.92 Å². The minimum Gasteiger partial charge on any atom is -0.493 e. The van der Waals surface area contributed by atoms with Crippen molar-refractivity contribution in [3.63, 3.8) is 0 Å². The van der Waals surface area contributed by atoms with Crippen molar-refractivity contribution in [2.24, 2.45) is 0 Å². The summed E-state index contributed by atoms with van der Waals surface area (Å²) < 4.78 is 10.7. The molecule has 0 spiro atoms. The molecule has 1 aromatic carbocycles. The lowest BCUT2D eigenvalue weighted by atomic mass is 10.2. The molecule has 0 amide bonds. The molecule has 114 valence electrons. The zero-order valence-electron chi connectivity index (χ0n) is 12.8. The van der Waals surface area contributed by atoms with Gasteiger partial charge in [-0.15, -0.1) is 0 Å². The Morgan fingerprint density at radius 1 is 1.20 bits per heavy atom. The monoisotopic (exact) mass is 281 g/mol. The number of rotatable bonds is 10. The first-order valence-electron chi connectivity index (χ1n) is 7.10. The molecule has 0 atom stereocenters. The Labute approximate surface area is 122 Å². The molecule has 0 bridgehead atoms. The number of anilines is 2. The van der Waals surface area contributed by atoms with Gasteiger partial charge in [0.2, 0.25) is 0 Å². The van der Waals surface area contributed by atoms with Gasteiger partial charge in [0.15, 0.2) is 0 Å². The third kappa shape index (κ3) is 6.63. The first kappa shape index (κ1) is 16.6. The molecule has 0 aliphatic rings. The van der Waals surface area contributed by atoms with Crippen molar-refractivity contribution in [1.29, 1.82) is 0 Å². The first-order valence-corrected chi connectivity index (χ1v) is 7.10. The molecule has 1 aromatic rings. The van der Waals surface area contributed by atoms with E-state index in [4.69, 9.17) is 15.2 Å². The Morgan fingerprint density at radius 3 is 2.70 bits per heavy atom. The Balaban J connectivity index is 2.40. The zero-order chi connectivity index (χ0) is 14.8. The summed E-state index contributed by atoms with van der Waals surface area (Å²) in [5.41, 5.74) is 7.59. The van der Waals surface area contributed by atoms with Crippen LogP contribution in [-0.2, 0) is 4.74 Å². The highest BCUT2D eigenvalue weighted by molar-refractivity contribution is 5.59. The second kappa shape index (κ2) is 9.44. The first-order chi connectivity index (χ1) is 9.65. The summed E-state index contributed by atoms with van der Waals surface area (Å²) in [5.74, 6) is 0.821. The molecule has 0 aliphatic carbocycles. The van der Waals surface area contributed by atoms with Gasteiger partial charge in [-0.25, -0.2) is 0 Å². The molecule has 0 aromatic heterocycles. The molecule has 0 aliphatic heterocycles. The standard InChI is InChI=1S/C15H27N3O2/c1-4-8-20-15-11-13(16)10-14(12-15)17-5-6-18(2)7-9-19-3/h10-12,17H,4-9,16H2,1-3H3. The van der Waals surface area contributed by atoms with Crippen LogP contribution in [0.4, 0.5) is 11.4 Å². The second-order valence-electron chi connectivity index (χ2n) is 4.86. The summed E-state index contributed by atoms with van der Waals surface area (Å²) in [6.45, 7) is 6.29. The van der Waals surface area contributed by atoms with E-state index >= 15 is 0 Å². The summed E-state index contributed by atoms with van der Waals surface area (Å²) in [4.78, 5) is 2.22. The molecule has 0 saturated carbocycles. The van der Waals surface area contributed by atoms with Crippen LogP contribution in [0.15, 0.2) is 18.2 Å². The second-order valence-corrected chi connectivity index (χ2v) is 4.86. The molecular weight excluding hydrogens is 254 g/mol. The quantitative estimate of drug-likeness (QED) is 0.643. The van der Waals surface area contributed by atoms with Crippen LogP contribution in [0.3, 0.4) is 0 Å². The predicted molar refractivity (Wildman–Crippen MR) is 84.5 cm³/mol. The highest BCUT2D eigenvalue weighted by Gasteiger charge is 2.01. The number of nitrogens with two attached hydrogens (primary N) is 1. The van der Waals surface area contributed by atoms with Crippen molar-refractivity contribution >= 4 is 11.4 Å². The molecular formula is C15H27N3O2. The van der Waals surface area contributed by atoms with Crippen LogP contribution in [0.25, 0.3) is 0 Å². The minimum absolute atomic E-state index is 0.711. The average Bonchev–Trinajstić information content (AvgIpc) is 2.42. The van der Waals surface area contributed by atoms with E-state index in [-0.39, 0.29) is 0 Å². The predicted octanol–water partition coefficient (Wildman–Crippen LogP) is 2.05. The third-order valence-electron chi connectivity index (χ3n) is 2.90. The van der Waals surface area contributed by atoms with E-state index in [1.54, 1.807) is 7.11 Å². The fraction of sp³-hybridized carbons (Fsp3) is 0.600. The van der Waals surface area contributed by atoms with Crippen molar-refractivity contribution in [2.45, 2.75) is 13.3 Å². The van der Waals surface area contributed by atoms with Crippen molar-refractivity contribution in [1.82, 2.24) is 4.90 Å². The van der Waals surface area contributed by atoms with E-state index < -0.39 is 0 Å². The van der Waals surface area contributed by atoms with E-state index in [1.165, 1.54) is 0 Å². The molecule has 0 unspecified atom stereocenters. The van der Waals surface area contributed by atoms with Crippen molar-refractivity contribution in [3.8, 4) is 5.75 Å². The van der Waals surface area contributed by atoms with Crippen LogP contribution in [0.1, 0.15) is 13.3 Å². The number of nitrogens with zero attached hydrogens (tertiary/aromatic N) is 1. The average molecular weight is 281 g/mol. The number of ether oxygens (including phenoxy) is 2. The number of likely N-dealkylation sites (N-methyl/N-ethyl adjacent to an activating group) is 1. The maximum Gasteiger partial charge on any atom is 0.123 e. The SMILES string of the molecule is CCCOc1cc(N)cc(NCCN(C)CCOC)c1. The number of nitrogens with one attached hydrogen (secondary N) is 1. The highest BCUT2D eigenvalue weighted by Crippen LogP contribution is 2.22. The normalized spacial score (nSPS) is 10.8.